The molecular weight excluding hydrogens is 321 g/mol. The summed E-state index contributed by atoms with van der Waals surface area (Å²) < 4.78 is 24.9. The minimum absolute atomic E-state index is 0.0922. The average Bonchev–Trinajstić information content (AvgIpc) is 3.22. The molecule has 1 atom stereocenters. The highest BCUT2D eigenvalue weighted by molar-refractivity contribution is 5.76. The van der Waals surface area contributed by atoms with Gasteiger partial charge in [0.15, 0.2) is 0 Å². The summed E-state index contributed by atoms with van der Waals surface area (Å²) in [5.41, 5.74) is 0.417. The van der Waals surface area contributed by atoms with Gasteiger partial charge in [0.05, 0.1) is 11.6 Å². The van der Waals surface area contributed by atoms with Gasteiger partial charge in [-0.05, 0) is 50.2 Å². The standard InChI is InChI=1S/C20H20FNO3/c1-13-7-10-18(24-13)14(2)22-20(23)12-9-15-8-11-19(25-15)16-5-3-4-6-17(16)21/h3-8,10-11,14H,9,12H2,1-2H3,(H,22,23). The Bertz CT molecular complexity index is 865. The van der Waals surface area contributed by atoms with E-state index in [-0.39, 0.29) is 24.2 Å². The van der Waals surface area contributed by atoms with Gasteiger partial charge in [0, 0.05) is 12.8 Å². The zero-order chi connectivity index (χ0) is 17.8. The van der Waals surface area contributed by atoms with Gasteiger partial charge in [-0.2, -0.15) is 0 Å². The number of benzene rings is 1. The molecule has 3 rings (SSSR count). The van der Waals surface area contributed by atoms with Crippen LogP contribution in [0.3, 0.4) is 0 Å². The van der Waals surface area contributed by atoms with Gasteiger partial charge in [-0.3, -0.25) is 4.79 Å². The van der Waals surface area contributed by atoms with Crippen molar-refractivity contribution >= 4 is 5.91 Å². The van der Waals surface area contributed by atoms with Crippen LogP contribution in [0.25, 0.3) is 11.3 Å². The highest BCUT2D eigenvalue weighted by Gasteiger charge is 2.14. The zero-order valence-corrected chi connectivity index (χ0v) is 14.2. The third-order valence-corrected chi connectivity index (χ3v) is 3.96. The van der Waals surface area contributed by atoms with Gasteiger partial charge >= 0.3 is 0 Å². The lowest BCUT2D eigenvalue weighted by molar-refractivity contribution is -0.121. The number of nitrogens with one attached hydrogen (secondary N) is 1. The van der Waals surface area contributed by atoms with E-state index in [2.05, 4.69) is 5.32 Å². The molecule has 0 spiro atoms. The molecule has 25 heavy (non-hydrogen) atoms. The fraction of sp³-hybridized carbons (Fsp3) is 0.250. The minimum atomic E-state index is -0.330. The van der Waals surface area contributed by atoms with E-state index in [0.717, 1.165) is 11.5 Å². The number of hydrogen-bond donors (Lipinski definition) is 1. The summed E-state index contributed by atoms with van der Waals surface area (Å²) >= 11 is 0. The summed E-state index contributed by atoms with van der Waals surface area (Å²) in [4.78, 5) is 12.1. The lowest BCUT2D eigenvalue weighted by atomic mass is 10.1. The third-order valence-electron chi connectivity index (χ3n) is 3.96. The number of amides is 1. The Morgan fingerprint density at radius 3 is 2.64 bits per heavy atom. The van der Waals surface area contributed by atoms with Crippen LogP contribution >= 0.6 is 0 Å². The molecule has 130 valence electrons. The third kappa shape index (κ3) is 4.18. The van der Waals surface area contributed by atoms with E-state index in [1.807, 2.05) is 26.0 Å². The molecule has 2 aromatic heterocycles. The minimum Gasteiger partial charge on any atom is -0.464 e. The maximum Gasteiger partial charge on any atom is 0.221 e. The number of carbonyl (C=O) groups is 1. The Morgan fingerprint density at radius 1 is 1.12 bits per heavy atom. The molecule has 3 aromatic rings. The van der Waals surface area contributed by atoms with Crippen molar-refractivity contribution in [2.75, 3.05) is 0 Å². The quantitative estimate of drug-likeness (QED) is 0.701. The molecule has 1 unspecified atom stereocenters. The van der Waals surface area contributed by atoms with Crippen LogP contribution in [-0.2, 0) is 11.2 Å². The second-order valence-corrected chi connectivity index (χ2v) is 5.98. The first-order chi connectivity index (χ1) is 12.0. The van der Waals surface area contributed by atoms with Gasteiger partial charge in [-0.1, -0.05) is 12.1 Å². The first kappa shape index (κ1) is 17.0. The molecule has 0 aliphatic rings. The molecule has 0 radical (unpaired) electrons. The summed E-state index contributed by atoms with van der Waals surface area (Å²) in [5.74, 6) is 2.23. The van der Waals surface area contributed by atoms with Gasteiger partial charge in [0.25, 0.3) is 0 Å². The average molecular weight is 341 g/mol. The van der Waals surface area contributed by atoms with Crippen molar-refractivity contribution in [2.45, 2.75) is 32.7 Å². The van der Waals surface area contributed by atoms with Crippen molar-refractivity contribution in [3.63, 3.8) is 0 Å². The molecule has 0 aliphatic heterocycles. The fourth-order valence-corrected chi connectivity index (χ4v) is 2.63. The molecule has 0 saturated carbocycles. The number of rotatable bonds is 6. The molecule has 0 saturated heterocycles. The fourth-order valence-electron chi connectivity index (χ4n) is 2.63. The maximum atomic E-state index is 13.8. The van der Waals surface area contributed by atoms with Crippen molar-refractivity contribution in [2.24, 2.45) is 0 Å². The zero-order valence-electron chi connectivity index (χ0n) is 14.2. The normalized spacial score (nSPS) is 12.1. The molecule has 2 heterocycles. The first-order valence-electron chi connectivity index (χ1n) is 8.22. The summed E-state index contributed by atoms with van der Waals surface area (Å²) in [6.07, 6.45) is 0.735. The van der Waals surface area contributed by atoms with Gasteiger partial charge in [0.2, 0.25) is 5.91 Å². The SMILES string of the molecule is Cc1ccc(C(C)NC(=O)CCc2ccc(-c3ccccc3F)o2)o1. The summed E-state index contributed by atoms with van der Waals surface area (Å²) in [6.45, 7) is 3.74. The summed E-state index contributed by atoms with van der Waals surface area (Å²) in [5, 5.41) is 2.89. The van der Waals surface area contributed by atoms with Gasteiger partial charge in [-0.15, -0.1) is 0 Å². The van der Waals surface area contributed by atoms with Crippen LogP contribution in [0.5, 0.6) is 0 Å². The van der Waals surface area contributed by atoms with Crippen LogP contribution in [0.1, 0.15) is 36.7 Å². The summed E-state index contributed by atoms with van der Waals surface area (Å²) in [6, 6.07) is 13.5. The van der Waals surface area contributed by atoms with Gasteiger partial charge in [0.1, 0.15) is 28.9 Å². The highest BCUT2D eigenvalue weighted by atomic mass is 19.1. The molecule has 0 fully saturated rings. The smallest absolute Gasteiger partial charge is 0.221 e. The van der Waals surface area contributed by atoms with Gasteiger partial charge in [-0.25, -0.2) is 4.39 Å². The largest absolute Gasteiger partial charge is 0.464 e. The second-order valence-electron chi connectivity index (χ2n) is 5.98. The van der Waals surface area contributed by atoms with Crippen molar-refractivity contribution in [3.05, 3.63) is 71.6 Å². The van der Waals surface area contributed by atoms with Gasteiger partial charge < -0.3 is 14.2 Å². The van der Waals surface area contributed by atoms with Crippen LogP contribution in [-0.4, -0.2) is 5.91 Å². The van der Waals surface area contributed by atoms with E-state index in [9.17, 15) is 9.18 Å². The van der Waals surface area contributed by atoms with Crippen molar-refractivity contribution in [3.8, 4) is 11.3 Å². The molecule has 0 aliphatic carbocycles. The Labute approximate surface area is 145 Å². The lowest BCUT2D eigenvalue weighted by Crippen LogP contribution is -2.26. The molecular formula is C20H20FNO3. The van der Waals surface area contributed by atoms with Crippen molar-refractivity contribution < 1.29 is 18.0 Å². The van der Waals surface area contributed by atoms with Crippen molar-refractivity contribution in [1.29, 1.82) is 0 Å². The number of carbonyl (C=O) groups excluding carboxylic acids is 1. The van der Waals surface area contributed by atoms with E-state index < -0.39 is 0 Å². The van der Waals surface area contributed by atoms with Crippen LogP contribution in [0.2, 0.25) is 0 Å². The lowest BCUT2D eigenvalue weighted by Gasteiger charge is -2.11. The van der Waals surface area contributed by atoms with E-state index >= 15 is 0 Å². The predicted molar refractivity (Wildman–Crippen MR) is 92.4 cm³/mol. The molecule has 4 nitrogen and oxygen atoms in total. The van der Waals surface area contributed by atoms with E-state index in [1.165, 1.54) is 6.07 Å². The van der Waals surface area contributed by atoms with Crippen LogP contribution in [0, 0.1) is 12.7 Å². The molecule has 1 amide bonds. The monoisotopic (exact) mass is 341 g/mol. The van der Waals surface area contributed by atoms with E-state index in [4.69, 9.17) is 8.83 Å². The Hall–Kier alpha value is -2.82. The summed E-state index contributed by atoms with van der Waals surface area (Å²) in [7, 11) is 0. The topological polar surface area (TPSA) is 55.4 Å². The molecule has 5 heteroatoms. The number of aryl methyl sites for hydroxylation is 2. The number of furan rings is 2. The van der Waals surface area contributed by atoms with E-state index in [0.29, 0.717) is 23.5 Å². The second kappa shape index (κ2) is 7.38. The van der Waals surface area contributed by atoms with Crippen LogP contribution in [0.4, 0.5) is 4.39 Å². The molecule has 1 N–H and O–H groups in total. The maximum absolute atomic E-state index is 13.8. The number of halogens is 1. The van der Waals surface area contributed by atoms with Crippen LogP contribution in [0.15, 0.2) is 57.4 Å². The first-order valence-corrected chi connectivity index (χ1v) is 8.22. The predicted octanol–water partition coefficient (Wildman–Crippen LogP) is 4.80. The van der Waals surface area contributed by atoms with Crippen LogP contribution < -0.4 is 5.32 Å². The Morgan fingerprint density at radius 2 is 1.92 bits per heavy atom. The Balaban J connectivity index is 1.55. The Kier molecular flexibility index (Phi) is 5.03. The number of hydrogen-bond acceptors (Lipinski definition) is 3. The molecule has 1 aromatic carbocycles. The highest BCUT2D eigenvalue weighted by Crippen LogP contribution is 2.25. The van der Waals surface area contributed by atoms with E-state index in [1.54, 1.807) is 30.3 Å². The van der Waals surface area contributed by atoms with Crippen molar-refractivity contribution in [1.82, 2.24) is 5.32 Å². The molecule has 0 bridgehead atoms.